The Labute approximate surface area is 254 Å². The van der Waals surface area contributed by atoms with E-state index in [2.05, 4.69) is 21.0 Å². The van der Waals surface area contributed by atoms with Gasteiger partial charge in [-0.25, -0.2) is 14.8 Å². The second-order valence-corrected chi connectivity index (χ2v) is 11.7. The van der Waals surface area contributed by atoms with Gasteiger partial charge in [-0.1, -0.05) is 30.1 Å². The lowest BCUT2D eigenvalue weighted by atomic mass is 10.0. The summed E-state index contributed by atoms with van der Waals surface area (Å²) in [6.07, 6.45) is 2.42. The molecule has 4 aromatic heterocycles. The molecule has 1 N–H and O–H groups in total. The van der Waals surface area contributed by atoms with Crippen LogP contribution in [-0.2, 0) is 13.0 Å². The van der Waals surface area contributed by atoms with E-state index in [1.165, 1.54) is 15.9 Å². The highest BCUT2D eigenvalue weighted by Gasteiger charge is 2.31. The molecular formula is C30H23Cl2N5O4S. The molecular weight excluding hydrogens is 597 g/mol. The van der Waals surface area contributed by atoms with Crippen molar-refractivity contribution in [2.45, 2.75) is 45.6 Å². The van der Waals surface area contributed by atoms with E-state index in [4.69, 9.17) is 27.9 Å². The molecule has 1 aliphatic rings. The van der Waals surface area contributed by atoms with E-state index < -0.39 is 5.97 Å². The minimum absolute atomic E-state index is 0.110. The van der Waals surface area contributed by atoms with Gasteiger partial charge in [-0.15, -0.1) is 11.3 Å². The van der Waals surface area contributed by atoms with Crippen molar-refractivity contribution in [2.24, 2.45) is 0 Å². The van der Waals surface area contributed by atoms with Crippen LogP contribution in [0, 0.1) is 18.3 Å². The Morgan fingerprint density at radius 1 is 1.19 bits per heavy atom. The smallest absolute Gasteiger partial charge is 0.338 e. The number of carboxylic acids is 1. The molecule has 212 valence electrons. The molecule has 0 saturated heterocycles. The summed E-state index contributed by atoms with van der Waals surface area (Å²) in [5.74, 6) is 0.0217. The molecule has 1 fully saturated rings. The molecule has 1 aliphatic carbocycles. The lowest BCUT2D eigenvalue weighted by Crippen LogP contribution is -2.27. The number of carboxylic acid groups (broad SMARTS) is 1. The van der Waals surface area contributed by atoms with Crippen molar-refractivity contribution in [3.63, 3.8) is 0 Å². The van der Waals surface area contributed by atoms with Crippen molar-refractivity contribution in [1.82, 2.24) is 19.5 Å². The third-order valence-electron chi connectivity index (χ3n) is 7.33. The predicted octanol–water partition coefficient (Wildman–Crippen LogP) is 6.77. The largest absolute Gasteiger partial charge is 0.491 e. The number of halogens is 2. The number of aryl methyl sites for hydroxylation is 2. The average Bonchev–Trinajstić information content (AvgIpc) is 3.73. The fraction of sp³-hybridized carbons (Fsp3) is 0.267. The highest BCUT2D eigenvalue weighted by atomic mass is 35.5. The average molecular weight is 621 g/mol. The molecule has 0 radical (unpaired) electrons. The first kappa shape index (κ1) is 28.1. The number of thiophene rings is 1. The number of benzene rings is 1. The summed E-state index contributed by atoms with van der Waals surface area (Å²) >= 11 is 14.1. The molecule has 12 heteroatoms. The molecule has 42 heavy (non-hydrogen) atoms. The van der Waals surface area contributed by atoms with E-state index in [9.17, 15) is 20.0 Å². The first-order valence-electron chi connectivity index (χ1n) is 13.3. The summed E-state index contributed by atoms with van der Waals surface area (Å²) in [5, 5.41) is 22.0. The van der Waals surface area contributed by atoms with Crippen LogP contribution in [0.25, 0.3) is 32.2 Å². The number of aromatic nitrogens is 4. The second kappa shape index (κ2) is 11.0. The minimum atomic E-state index is -1.04. The molecule has 0 aliphatic heterocycles. The van der Waals surface area contributed by atoms with Gasteiger partial charge in [0.15, 0.2) is 5.15 Å². The number of hydrogen-bond donors (Lipinski definition) is 1. The van der Waals surface area contributed by atoms with Crippen molar-refractivity contribution >= 4 is 61.6 Å². The molecule has 0 amide bonds. The van der Waals surface area contributed by atoms with Gasteiger partial charge in [0.05, 0.1) is 39.0 Å². The summed E-state index contributed by atoms with van der Waals surface area (Å²) < 4.78 is 8.41. The Morgan fingerprint density at radius 2 is 1.98 bits per heavy atom. The molecule has 0 bridgehead atoms. The Balaban J connectivity index is 1.37. The Kier molecular flexibility index (Phi) is 7.35. The van der Waals surface area contributed by atoms with Gasteiger partial charge in [0.1, 0.15) is 29.8 Å². The van der Waals surface area contributed by atoms with Gasteiger partial charge in [0.2, 0.25) is 0 Å². The van der Waals surface area contributed by atoms with Crippen LogP contribution in [0.5, 0.6) is 5.75 Å². The zero-order chi connectivity index (χ0) is 29.7. The fourth-order valence-electron chi connectivity index (χ4n) is 5.09. The van der Waals surface area contributed by atoms with Crippen LogP contribution >= 0.6 is 34.5 Å². The molecule has 0 spiro atoms. The maximum absolute atomic E-state index is 13.7. The maximum atomic E-state index is 13.7. The van der Waals surface area contributed by atoms with Crippen molar-refractivity contribution in [3.05, 3.63) is 78.5 Å². The van der Waals surface area contributed by atoms with Gasteiger partial charge in [-0.2, -0.15) is 5.26 Å². The third-order valence-corrected chi connectivity index (χ3v) is 8.83. The zero-order valence-corrected chi connectivity index (χ0v) is 24.9. The summed E-state index contributed by atoms with van der Waals surface area (Å²) in [5.41, 5.74) is 3.39. The quantitative estimate of drug-likeness (QED) is 0.188. The number of ether oxygens (including phenoxy) is 1. The topological polar surface area (TPSA) is 131 Å². The van der Waals surface area contributed by atoms with E-state index in [1.807, 2.05) is 13.0 Å². The van der Waals surface area contributed by atoms with Gasteiger partial charge in [-0.05, 0) is 50.5 Å². The SMILES string of the molecule is CCc1cc(-c2cc(Cl)ccc2OCCn2c(C)nc3c(Cl)nc(C4CC4)c(C#N)c3c2=O)c2scc(C(=O)O)c2n1. The summed E-state index contributed by atoms with van der Waals surface area (Å²) in [4.78, 5) is 39.0. The van der Waals surface area contributed by atoms with Gasteiger partial charge < -0.3 is 9.84 Å². The van der Waals surface area contributed by atoms with Crippen LogP contribution in [0.2, 0.25) is 10.2 Å². The van der Waals surface area contributed by atoms with Crippen molar-refractivity contribution in [1.29, 1.82) is 5.26 Å². The van der Waals surface area contributed by atoms with Crippen LogP contribution in [0.4, 0.5) is 0 Å². The van der Waals surface area contributed by atoms with Gasteiger partial charge in [-0.3, -0.25) is 14.3 Å². The summed E-state index contributed by atoms with van der Waals surface area (Å²) in [6.45, 7) is 3.92. The Hall–Kier alpha value is -4.04. The van der Waals surface area contributed by atoms with E-state index in [0.29, 0.717) is 44.5 Å². The van der Waals surface area contributed by atoms with Crippen LogP contribution in [0.1, 0.15) is 58.8 Å². The number of fused-ring (bicyclic) bond motifs is 2. The van der Waals surface area contributed by atoms with Crippen molar-refractivity contribution in [3.8, 4) is 22.9 Å². The highest BCUT2D eigenvalue weighted by Crippen LogP contribution is 2.43. The normalized spacial score (nSPS) is 13.0. The lowest BCUT2D eigenvalue weighted by Gasteiger charge is -2.16. The van der Waals surface area contributed by atoms with E-state index >= 15 is 0 Å². The monoisotopic (exact) mass is 619 g/mol. The van der Waals surface area contributed by atoms with Gasteiger partial charge >= 0.3 is 5.97 Å². The van der Waals surface area contributed by atoms with E-state index in [1.54, 1.807) is 30.5 Å². The number of nitriles is 1. The van der Waals surface area contributed by atoms with Crippen LogP contribution in [-0.4, -0.2) is 37.2 Å². The van der Waals surface area contributed by atoms with E-state index in [-0.39, 0.29) is 51.8 Å². The number of pyridine rings is 2. The third kappa shape index (κ3) is 4.87. The number of aromatic carboxylic acids is 1. The summed E-state index contributed by atoms with van der Waals surface area (Å²) in [6, 6.07) is 9.31. The van der Waals surface area contributed by atoms with Crippen LogP contribution in [0.3, 0.4) is 0 Å². The molecule has 0 atom stereocenters. The molecule has 5 aromatic rings. The molecule has 1 saturated carbocycles. The minimum Gasteiger partial charge on any atom is -0.491 e. The van der Waals surface area contributed by atoms with Crippen molar-refractivity contribution in [2.75, 3.05) is 6.61 Å². The molecule has 9 nitrogen and oxygen atoms in total. The highest BCUT2D eigenvalue weighted by molar-refractivity contribution is 7.18. The molecule has 6 rings (SSSR count). The van der Waals surface area contributed by atoms with Crippen molar-refractivity contribution < 1.29 is 14.6 Å². The zero-order valence-electron chi connectivity index (χ0n) is 22.6. The predicted molar refractivity (Wildman–Crippen MR) is 162 cm³/mol. The number of hydrogen-bond acceptors (Lipinski definition) is 8. The second-order valence-electron chi connectivity index (χ2n) is 10.0. The lowest BCUT2D eigenvalue weighted by molar-refractivity contribution is 0.0699. The van der Waals surface area contributed by atoms with Gasteiger partial charge in [0.25, 0.3) is 5.56 Å². The molecule has 0 unspecified atom stereocenters. The van der Waals surface area contributed by atoms with Gasteiger partial charge in [0, 0.05) is 33.1 Å². The first-order valence-corrected chi connectivity index (χ1v) is 14.9. The maximum Gasteiger partial charge on any atom is 0.338 e. The standard InChI is InChI=1S/C30H23Cl2N5O4S/c1-3-17-11-19(27-25(35-17)21(13-42-27)30(39)40)18-10-16(31)6-7-22(18)41-9-8-37-14(2)34-26-23(29(37)38)20(12-33)24(15-4-5-15)36-28(26)32/h6-7,10-11,13,15H,3-5,8-9H2,1-2H3,(H,39,40). The first-order chi connectivity index (χ1) is 20.2. The molecule has 4 heterocycles. The Bertz CT molecular complexity index is 2030. The number of carbonyl (C=O) groups is 1. The number of nitrogens with zero attached hydrogens (tertiary/aromatic N) is 5. The molecule has 1 aromatic carbocycles. The summed E-state index contributed by atoms with van der Waals surface area (Å²) in [7, 11) is 0. The Morgan fingerprint density at radius 3 is 2.67 bits per heavy atom. The van der Waals surface area contributed by atoms with E-state index in [0.717, 1.165) is 24.1 Å². The van der Waals surface area contributed by atoms with Crippen LogP contribution in [0.15, 0.2) is 34.4 Å². The fourth-order valence-corrected chi connectivity index (χ4v) is 6.50. The number of rotatable bonds is 8. The van der Waals surface area contributed by atoms with Crippen LogP contribution < -0.4 is 10.3 Å².